The summed E-state index contributed by atoms with van der Waals surface area (Å²) in [5.41, 5.74) is 0.710. The average molecular weight is 396 g/mol. The first-order chi connectivity index (χ1) is 13.9. The molecule has 154 valence electrons. The van der Waals surface area contributed by atoms with E-state index in [4.69, 9.17) is 9.47 Å². The van der Waals surface area contributed by atoms with Crippen LogP contribution in [-0.2, 0) is 11.3 Å². The van der Waals surface area contributed by atoms with Crippen LogP contribution in [0.3, 0.4) is 0 Å². The first kappa shape index (κ1) is 19.6. The third-order valence-corrected chi connectivity index (χ3v) is 5.95. The average Bonchev–Trinajstić information content (AvgIpc) is 3.34. The van der Waals surface area contributed by atoms with E-state index >= 15 is 0 Å². The number of carbonyl (C=O) groups excluding carboxylic acids is 1. The molecule has 0 spiro atoms. The number of nitrogens with zero attached hydrogens (tertiary/aromatic N) is 3. The second-order valence-corrected chi connectivity index (χ2v) is 8.46. The molecular formula is C23H29N3O3. The fraction of sp³-hybridized carbons (Fsp3) is 0.478. The van der Waals surface area contributed by atoms with E-state index in [0.29, 0.717) is 19.2 Å². The molecule has 2 atom stereocenters. The lowest BCUT2D eigenvalue weighted by molar-refractivity contribution is 0.00826. The second kappa shape index (κ2) is 7.93. The van der Waals surface area contributed by atoms with Gasteiger partial charge in [0.25, 0.3) is 0 Å². The molecule has 0 aliphatic carbocycles. The van der Waals surface area contributed by atoms with E-state index in [1.54, 1.807) is 6.20 Å². The van der Waals surface area contributed by atoms with Gasteiger partial charge < -0.3 is 19.3 Å². The lowest BCUT2D eigenvalue weighted by Gasteiger charge is -2.36. The Kier molecular flexibility index (Phi) is 5.35. The molecular weight excluding hydrogens is 366 g/mol. The number of anilines is 1. The lowest BCUT2D eigenvalue weighted by Crippen LogP contribution is -2.50. The molecule has 3 heterocycles. The molecule has 2 aliphatic heterocycles. The summed E-state index contributed by atoms with van der Waals surface area (Å²) in [6.45, 7) is 7.96. The van der Waals surface area contributed by atoms with E-state index in [0.717, 1.165) is 36.5 Å². The van der Waals surface area contributed by atoms with Gasteiger partial charge in [-0.25, -0.2) is 9.78 Å². The molecule has 4 rings (SSSR count). The lowest BCUT2D eigenvalue weighted by atomic mass is 10.1. The zero-order valence-corrected chi connectivity index (χ0v) is 17.4. The molecule has 1 amide bonds. The first-order valence-corrected chi connectivity index (χ1v) is 10.3. The fourth-order valence-electron chi connectivity index (χ4n) is 3.91. The Morgan fingerprint density at radius 3 is 2.55 bits per heavy atom. The first-order valence-electron chi connectivity index (χ1n) is 10.3. The molecule has 1 aromatic carbocycles. The number of likely N-dealkylation sites (tertiary alicyclic amines) is 1. The molecule has 2 aliphatic rings. The van der Waals surface area contributed by atoms with Gasteiger partial charge in [-0.2, -0.15) is 0 Å². The Bertz CT molecular complexity index is 838. The van der Waals surface area contributed by atoms with Gasteiger partial charge in [-0.05, 0) is 44.4 Å². The van der Waals surface area contributed by atoms with Gasteiger partial charge >= 0.3 is 6.09 Å². The number of carbonyl (C=O) groups is 1. The smallest absolute Gasteiger partial charge is 0.410 e. The van der Waals surface area contributed by atoms with Gasteiger partial charge in [0.2, 0.25) is 0 Å². The van der Waals surface area contributed by atoms with Crippen LogP contribution >= 0.6 is 0 Å². The minimum Gasteiger partial charge on any atom is -0.487 e. The van der Waals surface area contributed by atoms with Crippen LogP contribution in [0.25, 0.3) is 0 Å². The SMILES string of the molecule is CCC(C)(C)OC(=O)N1C[C@@H]2C[C@H]1CN2c1ccc(OCc2ccccc2)cn1. The van der Waals surface area contributed by atoms with Crippen molar-refractivity contribution < 1.29 is 14.3 Å². The maximum Gasteiger partial charge on any atom is 0.410 e. The third kappa shape index (κ3) is 4.31. The van der Waals surface area contributed by atoms with Crippen molar-refractivity contribution in [2.24, 2.45) is 0 Å². The fourth-order valence-corrected chi connectivity index (χ4v) is 3.91. The highest BCUT2D eigenvalue weighted by Gasteiger charge is 2.47. The Labute approximate surface area is 172 Å². The van der Waals surface area contributed by atoms with Crippen LogP contribution in [0.2, 0.25) is 0 Å². The molecule has 6 nitrogen and oxygen atoms in total. The highest BCUT2D eigenvalue weighted by atomic mass is 16.6. The largest absolute Gasteiger partial charge is 0.487 e. The van der Waals surface area contributed by atoms with Crippen molar-refractivity contribution in [2.75, 3.05) is 18.0 Å². The van der Waals surface area contributed by atoms with Crippen molar-refractivity contribution in [3.05, 3.63) is 54.2 Å². The van der Waals surface area contributed by atoms with Crippen LogP contribution in [0.4, 0.5) is 10.6 Å². The molecule has 2 fully saturated rings. The van der Waals surface area contributed by atoms with Gasteiger partial charge in [-0.15, -0.1) is 0 Å². The van der Waals surface area contributed by atoms with Crippen LogP contribution < -0.4 is 9.64 Å². The van der Waals surface area contributed by atoms with E-state index in [-0.39, 0.29) is 12.1 Å². The minimum atomic E-state index is -0.421. The number of hydrogen-bond acceptors (Lipinski definition) is 5. The van der Waals surface area contributed by atoms with Crippen LogP contribution in [0.1, 0.15) is 39.2 Å². The Morgan fingerprint density at radius 1 is 1.14 bits per heavy atom. The summed E-state index contributed by atoms with van der Waals surface area (Å²) < 4.78 is 11.5. The van der Waals surface area contributed by atoms with E-state index in [2.05, 4.69) is 9.88 Å². The number of pyridine rings is 1. The van der Waals surface area contributed by atoms with Gasteiger partial charge in [0, 0.05) is 13.1 Å². The molecule has 6 heteroatoms. The number of ether oxygens (including phenoxy) is 2. The second-order valence-electron chi connectivity index (χ2n) is 8.46. The van der Waals surface area contributed by atoms with Crippen molar-refractivity contribution in [3.63, 3.8) is 0 Å². The maximum atomic E-state index is 12.5. The molecule has 2 aromatic rings. The van der Waals surface area contributed by atoms with E-state index in [1.165, 1.54) is 0 Å². The van der Waals surface area contributed by atoms with Gasteiger partial charge in [-0.3, -0.25) is 0 Å². The summed E-state index contributed by atoms with van der Waals surface area (Å²) in [4.78, 5) is 21.3. The van der Waals surface area contributed by atoms with Gasteiger partial charge in [-0.1, -0.05) is 37.3 Å². The zero-order valence-electron chi connectivity index (χ0n) is 17.4. The van der Waals surface area contributed by atoms with E-state index < -0.39 is 5.60 Å². The summed E-state index contributed by atoms with van der Waals surface area (Å²) in [6.07, 6.45) is 3.35. The van der Waals surface area contributed by atoms with Crippen molar-refractivity contribution in [1.29, 1.82) is 0 Å². The molecule has 1 aromatic heterocycles. The van der Waals surface area contributed by atoms with Crippen molar-refractivity contribution in [3.8, 4) is 5.75 Å². The van der Waals surface area contributed by atoms with Gasteiger partial charge in [0.15, 0.2) is 0 Å². The molecule has 0 N–H and O–H groups in total. The van der Waals surface area contributed by atoms with Gasteiger partial charge in [0.1, 0.15) is 23.8 Å². The van der Waals surface area contributed by atoms with Gasteiger partial charge in [0.05, 0.1) is 18.3 Å². The zero-order chi connectivity index (χ0) is 20.4. The summed E-state index contributed by atoms with van der Waals surface area (Å²) in [7, 11) is 0. The van der Waals surface area contributed by atoms with Crippen molar-refractivity contribution in [2.45, 2.75) is 57.9 Å². The number of piperazine rings is 1. The number of fused-ring (bicyclic) bond motifs is 2. The highest BCUT2D eigenvalue weighted by Crippen LogP contribution is 2.35. The maximum absolute atomic E-state index is 12.5. The quantitative estimate of drug-likeness (QED) is 0.732. The Balaban J connectivity index is 1.33. The predicted octanol–water partition coefficient (Wildman–Crippen LogP) is 4.25. The summed E-state index contributed by atoms with van der Waals surface area (Å²) >= 11 is 0. The van der Waals surface area contributed by atoms with Crippen molar-refractivity contribution >= 4 is 11.9 Å². The summed E-state index contributed by atoms with van der Waals surface area (Å²) in [6, 6.07) is 14.5. The van der Waals surface area contributed by atoms with Crippen LogP contribution in [0, 0.1) is 0 Å². The summed E-state index contributed by atoms with van der Waals surface area (Å²) in [5, 5.41) is 0. The topological polar surface area (TPSA) is 54.9 Å². The highest BCUT2D eigenvalue weighted by molar-refractivity contribution is 5.70. The molecule has 29 heavy (non-hydrogen) atoms. The minimum absolute atomic E-state index is 0.191. The standard InChI is InChI=1S/C23H29N3O3/c1-4-23(2,3)29-22(27)26-15-18-12-19(26)14-25(18)21-11-10-20(13-24-21)28-16-17-8-6-5-7-9-17/h5-11,13,18-19H,4,12,14-16H2,1-3H3/t18-,19-/m0/s1. The summed E-state index contributed by atoms with van der Waals surface area (Å²) in [5.74, 6) is 1.69. The van der Waals surface area contributed by atoms with Crippen LogP contribution in [-0.4, -0.2) is 46.8 Å². The number of aromatic nitrogens is 1. The van der Waals surface area contributed by atoms with E-state index in [9.17, 15) is 4.79 Å². The Morgan fingerprint density at radius 2 is 1.93 bits per heavy atom. The Hall–Kier alpha value is -2.76. The van der Waals surface area contributed by atoms with Crippen LogP contribution in [0.15, 0.2) is 48.7 Å². The molecule has 2 bridgehead atoms. The van der Waals surface area contributed by atoms with Crippen molar-refractivity contribution in [1.82, 2.24) is 9.88 Å². The predicted molar refractivity (Wildman–Crippen MR) is 112 cm³/mol. The third-order valence-electron chi connectivity index (χ3n) is 5.95. The molecule has 2 saturated heterocycles. The normalized spacial score (nSPS) is 20.8. The number of hydrogen-bond donors (Lipinski definition) is 0. The number of benzene rings is 1. The molecule has 0 unspecified atom stereocenters. The van der Waals surface area contributed by atoms with E-state index in [1.807, 2.05) is 68.1 Å². The number of amides is 1. The molecule has 0 saturated carbocycles. The number of rotatable bonds is 6. The molecule has 0 radical (unpaired) electrons. The van der Waals surface area contributed by atoms with Crippen LogP contribution in [0.5, 0.6) is 5.75 Å². The monoisotopic (exact) mass is 395 g/mol.